The van der Waals surface area contributed by atoms with E-state index in [4.69, 9.17) is 0 Å². The van der Waals surface area contributed by atoms with E-state index in [1.54, 1.807) is 6.07 Å². The topological polar surface area (TPSA) is 54.4 Å². The van der Waals surface area contributed by atoms with Gasteiger partial charge < -0.3 is 0 Å². The fourth-order valence-electron chi connectivity index (χ4n) is 5.33. The molecule has 204 valence electrons. The van der Waals surface area contributed by atoms with Crippen molar-refractivity contribution in [1.82, 2.24) is 0 Å². The summed E-state index contributed by atoms with van der Waals surface area (Å²) in [5.41, 5.74) is 2.62. The monoisotopic (exact) mass is 516 g/mol. The van der Waals surface area contributed by atoms with Crippen LogP contribution in [0.3, 0.4) is 0 Å². The van der Waals surface area contributed by atoms with E-state index >= 15 is 0 Å². The predicted molar refractivity (Wildman–Crippen MR) is 156 cm³/mol. The lowest BCUT2D eigenvalue weighted by Crippen LogP contribution is -2.02. The Labute approximate surface area is 222 Å². The van der Waals surface area contributed by atoms with Crippen molar-refractivity contribution < 1.29 is 13.0 Å². The molecule has 0 fully saturated rings. The van der Waals surface area contributed by atoms with Crippen molar-refractivity contribution in [1.29, 1.82) is 0 Å². The van der Waals surface area contributed by atoms with Crippen molar-refractivity contribution in [3.05, 3.63) is 41.5 Å². The van der Waals surface area contributed by atoms with E-state index in [1.807, 2.05) is 12.1 Å². The molecule has 0 amide bonds. The molecule has 4 heteroatoms. The number of fused-ring (bicyclic) bond motifs is 1. The molecule has 0 spiro atoms. The number of aryl methyl sites for hydroxylation is 2. The standard InChI is InChI=1S/C32H52O3S/c1-3-5-7-9-11-13-15-17-19-22-28-26-30-24-21-25-32(36(33,34)35)31(30)27-29(28)23-20-18-16-14-12-10-8-6-4-2/h21,24-27H,3-20,22-23H2,1-2H3,(H,33,34,35). The first-order valence-electron chi connectivity index (χ1n) is 15.0. The fraction of sp³-hybridized carbons (Fsp3) is 0.688. The normalized spacial score (nSPS) is 12.0. The molecular formula is C32H52O3S. The number of hydrogen-bond acceptors (Lipinski definition) is 2. The van der Waals surface area contributed by atoms with E-state index in [-0.39, 0.29) is 4.90 Å². The maximum atomic E-state index is 12.0. The van der Waals surface area contributed by atoms with Gasteiger partial charge in [0.2, 0.25) is 0 Å². The molecule has 1 N–H and O–H groups in total. The Bertz CT molecular complexity index is 965. The summed E-state index contributed by atoms with van der Waals surface area (Å²) in [5.74, 6) is 0. The summed E-state index contributed by atoms with van der Waals surface area (Å²) in [7, 11) is -4.24. The summed E-state index contributed by atoms with van der Waals surface area (Å²) in [5, 5.41) is 1.56. The highest BCUT2D eigenvalue weighted by Gasteiger charge is 2.15. The maximum absolute atomic E-state index is 12.0. The van der Waals surface area contributed by atoms with Crippen molar-refractivity contribution in [3.63, 3.8) is 0 Å². The Hall–Kier alpha value is -1.39. The summed E-state index contributed by atoms with van der Waals surface area (Å²) >= 11 is 0. The molecule has 0 aliphatic carbocycles. The van der Waals surface area contributed by atoms with Crippen LogP contribution in [0, 0.1) is 0 Å². The summed E-state index contributed by atoms with van der Waals surface area (Å²) < 4.78 is 33.7. The summed E-state index contributed by atoms with van der Waals surface area (Å²) in [6.07, 6.45) is 25.6. The van der Waals surface area contributed by atoms with Gasteiger partial charge in [-0.3, -0.25) is 4.55 Å². The molecule has 3 nitrogen and oxygen atoms in total. The van der Waals surface area contributed by atoms with Crippen LogP contribution in [-0.2, 0) is 23.0 Å². The van der Waals surface area contributed by atoms with Crippen molar-refractivity contribution in [2.45, 2.75) is 147 Å². The minimum Gasteiger partial charge on any atom is -0.282 e. The van der Waals surface area contributed by atoms with Crippen molar-refractivity contribution >= 4 is 20.9 Å². The van der Waals surface area contributed by atoms with Crippen molar-refractivity contribution in [2.24, 2.45) is 0 Å². The van der Waals surface area contributed by atoms with Gasteiger partial charge in [0, 0.05) is 5.39 Å². The molecule has 2 aromatic carbocycles. The van der Waals surface area contributed by atoms with Crippen LogP contribution in [0.4, 0.5) is 0 Å². The number of benzene rings is 2. The summed E-state index contributed by atoms with van der Waals surface area (Å²) in [4.78, 5) is 0.0305. The van der Waals surface area contributed by atoms with Crippen LogP contribution < -0.4 is 0 Å². The van der Waals surface area contributed by atoms with Crippen LogP contribution >= 0.6 is 0 Å². The molecule has 0 saturated carbocycles. The second-order valence-electron chi connectivity index (χ2n) is 10.7. The molecule has 36 heavy (non-hydrogen) atoms. The molecule has 0 saturated heterocycles. The van der Waals surface area contributed by atoms with Crippen LogP contribution in [0.2, 0.25) is 0 Å². The zero-order chi connectivity index (χ0) is 26.1. The molecule has 0 bridgehead atoms. The first-order valence-corrected chi connectivity index (χ1v) is 16.4. The van der Waals surface area contributed by atoms with Gasteiger partial charge in [0.05, 0.1) is 0 Å². The molecule has 0 radical (unpaired) electrons. The Morgan fingerprint density at radius 2 is 1.00 bits per heavy atom. The second kappa shape index (κ2) is 18.0. The van der Waals surface area contributed by atoms with Crippen LogP contribution in [0.5, 0.6) is 0 Å². The Kier molecular flexibility index (Phi) is 15.4. The van der Waals surface area contributed by atoms with E-state index in [9.17, 15) is 13.0 Å². The van der Waals surface area contributed by atoms with Crippen LogP contribution in [0.25, 0.3) is 10.8 Å². The van der Waals surface area contributed by atoms with Gasteiger partial charge in [0.1, 0.15) is 4.90 Å². The van der Waals surface area contributed by atoms with Gasteiger partial charge in [-0.15, -0.1) is 0 Å². The lowest BCUT2D eigenvalue weighted by molar-refractivity contribution is 0.484. The molecule has 0 aliphatic heterocycles. The highest BCUT2D eigenvalue weighted by molar-refractivity contribution is 7.86. The smallest absolute Gasteiger partial charge is 0.282 e. The van der Waals surface area contributed by atoms with Gasteiger partial charge in [0.15, 0.2) is 0 Å². The third-order valence-corrected chi connectivity index (χ3v) is 8.45. The SMILES string of the molecule is CCCCCCCCCCCc1cc2cccc(S(=O)(=O)O)c2cc1CCCCCCCCCCC. The summed E-state index contributed by atoms with van der Waals surface area (Å²) in [6.45, 7) is 4.52. The number of rotatable bonds is 21. The highest BCUT2D eigenvalue weighted by atomic mass is 32.2. The van der Waals surface area contributed by atoms with Crippen LogP contribution in [0.1, 0.15) is 141 Å². The number of hydrogen-bond donors (Lipinski definition) is 1. The minimum atomic E-state index is -4.24. The second-order valence-corrected chi connectivity index (χ2v) is 12.1. The molecule has 0 aromatic heterocycles. The van der Waals surface area contributed by atoms with E-state index < -0.39 is 10.1 Å². The maximum Gasteiger partial charge on any atom is 0.295 e. The molecule has 0 unspecified atom stereocenters. The third-order valence-electron chi connectivity index (χ3n) is 7.54. The number of unbranched alkanes of at least 4 members (excludes halogenated alkanes) is 16. The first-order chi connectivity index (χ1) is 17.5. The van der Waals surface area contributed by atoms with Crippen LogP contribution in [-0.4, -0.2) is 13.0 Å². The highest BCUT2D eigenvalue weighted by Crippen LogP contribution is 2.29. The Morgan fingerprint density at radius 1 is 0.583 bits per heavy atom. The molecule has 0 heterocycles. The lowest BCUT2D eigenvalue weighted by Gasteiger charge is -2.14. The van der Waals surface area contributed by atoms with Gasteiger partial charge in [-0.2, -0.15) is 8.42 Å². The van der Waals surface area contributed by atoms with E-state index in [2.05, 4.69) is 19.9 Å². The molecule has 0 aliphatic rings. The predicted octanol–water partition coefficient (Wildman–Crippen LogP) is 10.2. The Balaban J connectivity index is 1.94. The molecule has 2 rings (SSSR count). The van der Waals surface area contributed by atoms with E-state index in [1.165, 1.54) is 126 Å². The largest absolute Gasteiger partial charge is 0.295 e. The summed E-state index contributed by atoms with van der Waals surface area (Å²) in [6, 6.07) is 9.43. The van der Waals surface area contributed by atoms with Gasteiger partial charge in [0.25, 0.3) is 10.1 Å². The van der Waals surface area contributed by atoms with E-state index in [0.29, 0.717) is 5.39 Å². The van der Waals surface area contributed by atoms with Gasteiger partial charge in [-0.05, 0) is 54.3 Å². The van der Waals surface area contributed by atoms with Gasteiger partial charge in [-0.1, -0.05) is 135 Å². The average molecular weight is 517 g/mol. The molecular weight excluding hydrogens is 464 g/mol. The lowest BCUT2D eigenvalue weighted by atomic mass is 9.93. The Morgan fingerprint density at radius 3 is 1.44 bits per heavy atom. The average Bonchev–Trinajstić information content (AvgIpc) is 2.85. The zero-order valence-corrected chi connectivity index (χ0v) is 24.0. The molecule has 0 atom stereocenters. The first kappa shape index (κ1) is 30.8. The zero-order valence-electron chi connectivity index (χ0n) is 23.2. The minimum absolute atomic E-state index is 0.0305. The molecule has 2 aromatic rings. The van der Waals surface area contributed by atoms with Crippen molar-refractivity contribution in [3.8, 4) is 0 Å². The quantitative estimate of drug-likeness (QED) is 0.133. The van der Waals surface area contributed by atoms with Crippen molar-refractivity contribution in [2.75, 3.05) is 0 Å². The van der Waals surface area contributed by atoms with Gasteiger partial charge >= 0.3 is 0 Å². The fourth-order valence-corrected chi connectivity index (χ4v) is 6.04. The third kappa shape index (κ3) is 11.8. The van der Waals surface area contributed by atoms with Crippen LogP contribution in [0.15, 0.2) is 35.2 Å². The van der Waals surface area contributed by atoms with E-state index in [0.717, 1.165) is 24.6 Å². The van der Waals surface area contributed by atoms with Gasteiger partial charge in [-0.25, -0.2) is 0 Å².